The molecule has 2 heterocycles. The fourth-order valence-electron chi connectivity index (χ4n) is 3.18. The number of hydrogen-bond acceptors (Lipinski definition) is 3. The fraction of sp³-hybridized carbons (Fsp3) is 0.692. The Hall–Kier alpha value is -0.430. The standard InChI is InChI=1S/C13H17IN2O2/c14-11-7-15-9-16(12(11)17)8-10-3-6-13(18-10)4-1-2-5-13/h7,9-10H,1-6,8H2. The number of nitrogens with zero attached hydrogens (tertiary/aromatic N) is 2. The van der Waals surface area contributed by atoms with Crippen molar-refractivity contribution in [2.24, 2.45) is 0 Å². The van der Waals surface area contributed by atoms with Crippen LogP contribution in [0, 0.1) is 3.57 Å². The zero-order valence-electron chi connectivity index (χ0n) is 10.3. The smallest absolute Gasteiger partial charge is 0.266 e. The van der Waals surface area contributed by atoms with Gasteiger partial charge in [0.1, 0.15) is 0 Å². The molecule has 2 aliphatic rings. The van der Waals surface area contributed by atoms with E-state index in [-0.39, 0.29) is 17.3 Å². The minimum absolute atomic E-state index is 0.0431. The molecule has 0 aromatic carbocycles. The Kier molecular flexibility index (Phi) is 3.44. The molecular weight excluding hydrogens is 343 g/mol. The topological polar surface area (TPSA) is 44.1 Å². The van der Waals surface area contributed by atoms with Gasteiger partial charge >= 0.3 is 0 Å². The highest BCUT2D eigenvalue weighted by Crippen LogP contribution is 2.43. The Bertz CT molecular complexity index is 494. The van der Waals surface area contributed by atoms with Gasteiger partial charge in [0.2, 0.25) is 0 Å². The Morgan fingerprint density at radius 3 is 3.00 bits per heavy atom. The predicted octanol–water partition coefficient (Wildman–Crippen LogP) is 2.34. The predicted molar refractivity (Wildman–Crippen MR) is 76.5 cm³/mol. The van der Waals surface area contributed by atoms with Gasteiger partial charge in [0.15, 0.2) is 0 Å². The van der Waals surface area contributed by atoms with Crippen LogP contribution in [0.25, 0.3) is 0 Å². The summed E-state index contributed by atoms with van der Waals surface area (Å²) in [5.74, 6) is 0. The molecule has 1 aliphatic heterocycles. The summed E-state index contributed by atoms with van der Waals surface area (Å²) >= 11 is 2.03. The zero-order chi connectivity index (χ0) is 12.6. The van der Waals surface area contributed by atoms with E-state index in [4.69, 9.17) is 4.74 Å². The average Bonchev–Trinajstić information content (AvgIpc) is 2.97. The molecule has 1 aromatic rings. The van der Waals surface area contributed by atoms with Crippen LogP contribution in [0.4, 0.5) is 0 Å². The molecule has 1 aromatic heterocycles. The van der Waals surface area contributed by atoms with E-state index in [1.165, 1.54) is 25.7 Å². The van der Waals surface area contributed by atoms with Gasteiger partial charge in [0, 0.05) is 6.20 Å². The van der Waals surface area contributed by atoms with Crippen molar-refractivity contribution in [3.63, 3.8) is 0 Å². The molecule has 1 spiro atoms. The van der Waals surface area contributed by atoms with Crippen molar-refractivity contribution in [1.29, 1.82) is 0 Å². The minimum Gasteiger partial charge on any atom is -0.370 e. The van der Waals surface area contributed by atoms with Crippen LogP contribution >= 0.6 is 22.6 Å². The highest BCUT2D eigenvalue weighted by Gasteiger charge is 2.42. The van der Waals surface area contributed by atoms with Crippen LogP contribution in [0.3, 0.4) is 0 Å². The van der Waals surface area contributed by atoms with Gasteiger partial charge in [0.25, 0.3) is 5.56 Å². The Morgan fingerprint density at radius 2 is 2.22 bits per heavy atom. The van der Waals surface area contributed by atoms with Crippen molar-refractivity contribution < 1.29 is 4.74 Å². The number of hydrogen-bond donors (Lipinski definition) is 0. The van der Waals surface area contributed by atoms with Crippen LogP contribution in [-0.2, 0) is 11.3 Å². The Morgan fingerprint density at radius 1 is 1.44 bits per heavy atom. The molecule has 0 N–H and O–H groups in total. The third-order valence-corrected chi connectivity index (χ3v) is 4.85. The van der Waals surface area contributed by atoms with Crippen molar-refractivity contribution in [1.82, 2.24) is 9.55 Å². The molecule has 0 amide bonds. The van der Waals surface area contributed by atoms with E-state index in [9.17, 15) is 4.79 Å². The van der Waals surface area contributed by atoms with E-state index in [1.807, 2.05) is 22.6 Å². The molecule has 98 valence electrons. The molecule has 1 saturated carbocycles. The van der Waals surface area contributed by atoms with Crippen LogP contribution in [0.2, 0.25) is 0 Å². The zero-order valence-corrected chi connectivity index (χ0v) is 12.4. The molecule has 1 aliphatic carbocycles. The van der Waals surface area contributed by atoms with Gasteiger partial charge in [-0.2, -0.15) is 0 Å². The summed E-state index contributed by atoms with van der Waals surface area (Å²) in [6.45, 7) is 0.643. The molecule has 18 heavy (non-hydrogen) atoms. The molecule has 0 radical (unpaired) electrons. The van der Waals surface area contributed by atoms with Crippen LogP contribution in [-0.4, -0.2) is 21.3 Å². The van der Waals surface area contributed by atoms with Gasteiger partial charge < -0.3 is 4.74 Å². The van der Waals surface area contributed by atoms with Crippen molar-refractivity contribution in [3.8, 4) is 0 Å². The molecule has 1 atom stereocenters. The van der Waals surface area contributed by atoms with Gasteiger partial charge in [0.05, 0.1) is 28.1 Å². The fourth-order valence-corrected chi connectivity index (χ4v) is 3.66. The molecular formula is C13H17IN2O2. The molecule has 1 saturated heterocycles. The molecule has 1 unspecified atom stereocenters. The van der Waals surface area contributed by atoms with Crippen LogP contribution < -0.4 is 5.56 Å². The van der Waals surface area contributed by atoms with Gasteiger partial charge in [-0.1, -0.05) is 12.8 Å². The second kappa shape index (κ2) is 4.92. The van der Waals surface area contributed by atoms with Crippen LogP contribution in [0.5, 0.6) is 0 Å². The molecule has 0 bridgehead atoms. The number of halogens is 1. The first kappa shape index (κ1) is 12.6. The highest BCUT2D eigenvalue weighted by molar-refractivity contribution is 14.1. The summed E-state index contributed by atoms with van der Waals surface area (Å²) in [6.07, 6.45) is 10.6. The number of ether oxygens (including phenoxy) is 1. The summed E-state index contributed by atoms with van der Waals surface area (Å²) in [5.41, 5.74) is 0.186. The lowest BCUT2D eigenvalue weighted by Crippen LogP contribution is -2.31. The van der Waals surface area contributed by atoms with Gasteiger partial charge in [-0.15, -0.1) is 0 Å². The normalized spacial score (nSPS) is 25.9. The van der Waals surface area contributed by atoms with Crippen molar-refractivity contribution >= 4 is 22.6 Å². The monoisotopic (exact) mass is 360 g/mol. The van der Waals surface area contributed by atoms with E-state index < -0.39 is 0 Å². The van der Waals surface area contributed by atoms with E-state index in [0.717, 1.165) is 12.8 Å². The van der Waals surface area contributed by atoms with Crippen molar-refractivity contribution in [2.45, 2.75) is 56.8 Å². The minimum atomic E-state index is 0.0431. The number of rotatable bonds is 2. The first-order chi connectivity index (χ1) is 8.69. The van der Waals surface area contributed by atoms with Crippen molar-refractivity contribution in [2.75, 3.05) is 0 Å². The Balaban J connectivity index is 1.71. The average molecular weight is 360 g/mol. The van der Waals surface area contributed by atoms with Gasteiger partial charge in [-0.25, -0.2) is 4.98 Å². The molecule has 2 fully saturated rings. The molecule has 4 nitrogen and oxygen atoms in total. The molecule has 5 heteroatoms. The highest BCUT2D eigenvalue weighted by atomic mass is 127. The summed E-state index contributed by atoms with van der Waals surface area (Å²) in [5, 5.41) is 0. The van der Waals surface area contributed by atoms with Crippen molar-refractivity contribution in [3.05, 3.63) is 26.4 Å². The lowest BCUT2D eigenvalue weighted by Gasteiger charge is -2.24. The van der Waals surface area contributed by atoms with Crippen LogP contribution in [0.1, 0.15) is 38.5 Å². The Labute approximate surface area is 120 Å². The lowest BCUT2D eigenvalue weighted by molar-refractivity contribution is -0.0422. The van der Waals surface area contributed by atoms with Crippen LogP contribution in [0.15, 0.2) is 17.3 Å². The second-order valence-corrected chi connectivity index (χ2v) is 6.53. The molecule has 3 rings (SSSR count). The number of aromatic nitrogens is 2. The first-order valence-corrected chi connectivity index (χ1v) is 7.64. The van der Waals surface area contributed by atoms with Gasteiger partial charge in [-0.3, -0.25) is 9.36 Å². The third-order valence-electron chi connectivity index (χ3n) is 4.11. The second-order valence-electron chi connectivity index (χ2n) is 5.37. The maximum atomic E-state index is 11.9. The largest absolute Gasteiger partial charge is 0.370 e. The quantitative estimate of drug-likeness (QED) is 0.761. The summed E-state index contributed by atoms with van der Waals surface area (Å²) in [4.78, 5) is 16.0. The lowest BCUT2D eigenvalue weighted by atomic mass is 9.98. The van der Waals surface area contributed by atoms with Gasteiger partial charge in [-0.05, 0) is 48.3 Å². The third kappa shape index (κ3) is 2.34. The van der Waals surface area contributed by atoms with E-state index in [2.05, 4.69) is 4.98 Å². The van der Waals surface area contributed by atoms with E-state index in [0.29, 0.717) is 10.1 Å². The van der Waals surface area contributed by atoms with E-state index in [1.54, 1.807) is 17.1 Å². The van der Waals surface area contributed by atoms with E-state index >= 15 is 0 Å². The maximum absolute atomic E-state index is 11.9. The summed E-state index contributed by atoms with van der Waals surface area (Å²) in [6, 6.07) is 0. The maximum Gasteiger partial charge on any atom is 0.266 e. The SMILES string of the molecule is O=c1c(I)cncn1CC1CCC2(CCCC2)O1. The summed E-state index contributed by atoms with van der Waals surface area (Å²) < 4.78 is 8.57. The summed E-state index contributed by atoms with van der Waals surface area (Å²) in [7, 11) is 0. The first-order valence-electron chi connectivity index (χ1n) is 6.56.